The van der Waals surface area contributed by atoms with Crippen LogP contribution in [0.15, 0.2) is 12.2 Å². The molecule has 0 aromatic rings. The second-order valence-corrected chi connectivity index (χ2v) is 20.1. The number of unbranched alkanes of at least 4 members (excludes halogenated alkanes) is 27. The van der Waals surface area contributed by atoms with E-state index >= 15 is 0 Å². The molecule has 0 amide bonds. The van der Waals surface area contributed by atoms with Gasteiger partial charge in [0.1, 0.15) is 31.5 Å². The first kappa shape index (κ1) is 62.8. The lowest BCUT2D eigenvalue weighted by molar-refractivity contribution is -0.148. The van der Waals surface area contributed by atoms with E-state index in [0.717, 1.165) is 57.8 Å². The summed E-state index contributed by atoms with van der Waals surface area (Å²) in [5.74, 6) is -0.996. The van der Waals surface area contributed by atoms with Gasteiger partial charge in [-0.3, -0.25) is 27.7 Å². The first-order valence-electron chi connectivity index (χ1n) is 25.0. The molecule has 0 fully saturated rings. The molecule has 0 aromatic carbocycles. The Bertz CT molecular complexity index is 1210. The first-order valence-corrected chi connectivity index (χ1v) is 28.0. The summed E-state index contributed by atoms with van der Waals surface area (Å²) in [7, 11) is -9.56. The Hall–Kier alpha value is -1.22. The van der Waals surface area contributed by atoms with Crippen LogP contribution in [0.4, 0.5) is 0 Å². The fourth-order valence-corrected chi connectivity index (χ4v) is 8.37. The molecule has 0 bridgehead atoms. The zero-order chi connectivity index (χ0) is 47.4. The molecule has 0 aromatic heterocycles. The van der Waals surface area contributed by atoms with Gasteiger partial charge in [0.25, 0.3) is 0 Å². The van der Waals surface area contributed by atoms with Gasteiger partial charge < -0.3 is 34.6 Å². The maximum atomic E-state index is 12.2. The highest BCUT2D eigenvalue weighted by Crippen LogP contribution is 2.45. The molecule has 0 spiro atoms. The van der Waals surface area contributed by atoms with Gasteiger partial charge in [-0.05, 0) is 32.1 Å². The number of aliphatic hydroxyl groups is 3. The maximum absolute atomic E-state index is 12.2. The van der Waals surface area contributed by atoms with Gasteiger partial charge in [0.2, 0.25) is 0 Å². The van der Waals surface area contributed by atoms with Crippen molar-refractivity contribution < 1.29 is 71.4 Å². The molecule has 0 heterocycles. The summed E-state index contributed by atoms with van der Waals surface area (Å²) < 4.78 is 53.0. The lowest BCUT2D eigenvalue weighted by Crippen LogP contribution is -2.25. The van der Waals surface area contributed by atoms with Crippen molar-refractivity contribution in [3.8, 4) is 0 Å². The zero-order valence-corrected chi connectivity index (χ0v) is 41.8. The van der Waals surface area contributed by atoms with Crippen molar-refractivity contribution in [1.82, 2.24) is 0 Å². The third-order valence-corrected chi connectivity index (χ3v) is 12.6. The largest absolute Gasteiger partial charge is 0.472 e. The Labute approximate surface area is 387 Å². The summed E-state index contributed by atoms with van der Waals surface area (Å²) in [6, 6.07) is 0. The summed E-state index contributed by atoms with van der Waals surface area (Å²) in [5, 5.41) is 30.0. The maximum Gasteiger partial charge on any atom is 0.472 e. The molecule has 0 rings (SSSR count). The number of phosphoric ester groups is 2. The van der Waals surface area contributed by atoms with Crippen molar-refractivity contribution >= 4 is 27.6 Å². The monoisotopic (exact) mass is 959 g/mol. The van der Waals surface area contributed by atoms with Gasteiger partial charge in [0.05, 0.1) is 26.4 Å². The van der Waals surface area contributed by atoms with Gasteiger partial charge in [-0.2, -0.15) is 0 Å². The Kier molecular flexibility index (Phi) is 43.5. The van der Waals surface area contributed by atoms with Crippen LogP contribution in [0.3, 0.4) is 0 Å². The molecule has 0 saturated carbocycles. The first-order chi connectivity index (χ1) is 30.8. The molecular formula is C47H92O15P2. The second-order valence-electron chi connectivity index (χ2n) is 17.2. The number of allylic oxidation sites excluding steroid dienone is 2. The predicted molar refractivity (Wildman–Crippen MR) is 252 cm³/mol. The summed E-state index contributed by atoms with van der Waals surface area (Å²) in [6.45, 7) is 0.406. The third-order valence-electron chi connectivity index (χ3n) is 10.7. The van der Waals surface area contributed by atoms with Crippen molar-refractivity contribution in [3.63, 3.8) is 0 Å². The lowest BCUT2D eigenvalue weighted by Gasteiger charge is -2.19. The fourth-order valence-electron chi connectivity index (χ4n) is 6.78. The van der Waals surface area contributed by atoms with Crippen molar-refractivity contribution in [2.45, 2.75) is 238 Å². The molecule has 0 aliphatic heterocycles. The Morgan fingerprint density at radius 3 is 0.953 bits per heavy atom. The minimum absolute atomic E-state index is 0.188. The number of hydrogen-bond acceptors (Lipinski definition) is 13. The van der Waals surface area contributed by atoms with Gasteiger partial charge in [-0.1, -0.05) is 187 Å². The zero-order valence-electron chi connectivity index (χ0n) is 40.0. The topological polar surface area (TPSA) is 225 Å². The van der Waals surface area contributed by atoms with Crippen LogP contribution in [-0.4, -0.2) is 95.0 Å². The van der Waals surface area contributed by atoms with Gasteiger partial charge in [-0.25, -0.2) is 9.13 Å². The van der Waals surface area contributed by atoms with Crippen LogP contribution in [0.1, 0.15) is 219 Å². The number of aliphatic hydroxyl groups excluding tert-OH is 3. The van der Waals surface area contributed by atoms with Crippen LogP contribution in [0.5, 0.6) is 0 Å². The molecule has 15 nitrogen and oxygen atoms in total. The Morgan fingerprint density at radius 1 is 0.391 bits per heavy atom. The van der Waals surface area contributed by atoms with E-state index in [1.54, 1.807) is 0 Å². The van der Waals surface area contributed by atoms with E-state index in [2.05, 4.69) is 39.6 Å². The SMILES string of the molecule is CCCC/C=C\CCCCCCCC(=O)OCC(O)COP(=O)(O)OCC(O)COP(=O)(O)OCC(O)COC(=O)CCCCCCCCCCCCCCCCCCCCCCC. The van der Waals surface area contributed by atoms with Crippen LogP contribution < -0.4 is 0 Å². The molecule has 0 radical (unpaired) electrons. The van der Waals surface area contributed by atoms with E-state index in [0.29, 0.717) is 12.8 Å². The number of rotatable bonds is 49. The summed E-state index contributed by atoms with van der Waals surface area (Å²) in [4.78, 5) is 43.7. The Morgan fingerprint density at radius 2 is 0.641 bits per heavy atom. The fraction of sp³-hybridized carbons (Fsp3) is 0.915. The molecule has 5 N–H and O–H groups in total. The number of esters is 2. The van der Waals surface area contributed by atoms with Gasteiger partial charge in [-0.15, -0.1) is 0 Å². The van der Waals surface area contributed by atoms with Crippen molar-refractivity contribution in [2.24, 2.45) is 0 Å². The average molecular weight is 959 g/mol. The number of carbonyl (C=O) groups is 2. The smallest absolute Gasteiger partial charge is 0.463 e. The Balaban J connectivity index is 3.81. The van der Waals surface area contributed by atoms with Crippen LogP contribution in [0, 0.1) is 0 Å². The van der Waals surface area contributed by atoms with E-state index in [4.69, 9.17) is 14.0 Å². The molecule has 64 heavy (non-hydrogen) atoms. The summed E-state index contributed by atoms with van der Waals surface area (Å²) in [6.07, 6.45) is 36.4. The van der Waals surface area contributed by atoms with Crippen molar-refractivity contribution in [2.75, 3.05) is 39.6 Å². The van der Waals surface area contributed by atoms with Crippen molar-refractivity contribution in [1.29, 1.82) is 0 Å². The highest BCUT2D eigenvalue weighted by Gasteiger charge is 2.28. The van der Waals surface area contributed by atoms with E-state index in [-0.39, 0.29) is 12.8 Å². The minimum atomic E-state index is -4.78. The van der Waals surface area contributed by atoms with Crippen LogP contribution in [0.25, 0.3) is 0 Å². The number of hydrogen-bond donors (Lipinski definition) is 5. The highest BCUT2D eigenvalue weighted by atomic mass is 31.2. The van der Waals surface area contributed by atoms with Crippen molar-refractivity contribution in [3.05, 3.63) is 12.2 Å². The highest BCUT2D eigenvalue weighted by molar-refractivity contribution is 7.47. The minimum Gasteiger partial charge on any atom is -0.463 e. The molecular weight excluding hydrogens is 866 g/mol. The van der Waals surface area contributed by atoms with E-state index in [1.165, 1.54) is 122 Å². The third kappa shape index (κ3) is 45.9. The number of phosphoric acid groups is 2. The average Bonchev–Trinajstić information content (AvgIpc) is 3.27. The number of ether oxygens (including phenoxy) is 2. The predicted octanol–water partition coefficient (Wildman–Crippen LogP) is 11.5. The van der Waals surface area contributed by atoms with E-state index in [9.17, 15) is 43.8 Å². The molecule has 5 atom stereocenters. The lowest BCUT2D eigenvalue weighted by atomic mass is 10.0. The normalized spacial score (nSPS) is 15.2. The number of carbonyl (C=O) groups excluding carboxylic acids is 2. The van der Waals surface area contributed by atoms with Crippen LogP contribution >= 0.6 is 15.6 Å². The van der Waals surface area contributed by atoms with Gasteiger partial charge in [0, 0.05) is 12.8 Å². The van der Waals surface area contributed by atoms with Crippen LogP contribution in [-0.2, 0) is 46.3 Å². The molecule has 0 aliphatic rings. The molecule has 0 aliphatic carbocycles. The van der Waals surface area contributed by atoms with Gasteiger partial charge in [0.15, 0.2) is 0 Å². The molecule has 5 unspecified atom stereocenters. The molecule has 380 valence electrons. The standard InChI is InChI=1S/C47H92O15P2/c1-3-5-7-9-11-13-15-16-17-18-19-20-21-22-23-24-26-28-30-32-34-36-47(52)58-38-44(49)40-60-64(55,56)62-42-45(50)41-61-63(53,54)59-39-43(48)37-57-46(51)35-33-31-29-27-25-14-12-10-8-6-4-2/h10,12,43-45,48-50H,3-9,11,13-42H2,1-2H3,(H,53,54)(H,55,56)/b12-10-. The summed E-state index contributed by atoms with van der Waals surface area (Å²) >= 11 is 0. The van der Waals surface area contributed by atoms with Crippen LogP contribution in [0.2, 0.25) is 0 Å². The van der Waals surface area contributed by atoms with Gasteiger partial charge >= 0.3 is 27.6 Å². The van der Waals surface area contributed by atoms with E-state index in [1.807, 2.05) is 0 Å². The summed E-state index contributed by atoms with van der Waals surface area (Å²) in [5.41, 5.74) is 0. The molecule has 0 saturated heterocycles. The van der Waals surface area contributed by atoms with E-state index < -0.39 is 85.5 Å². The quantitative estimate of drug-likeness (QED) is 0.0165. The molecule has 17 heteroatoms. The second kappa shape index (κ2) is 44.3.